The third-order valence-corrected chi connectivity index (χ3v) is 1.80. The van der Waals surface area contributed by atoms with Gasteiger partial charge in [-0.05, 0) is 12.1 Å². The van der Waals surface area contributed by atoms with Crippen LogP contribution >= 0.6 is 0 Å². The molecular formula is C8H5BF7-. The second-order valence-electron chi connectivity index (χ2n) is 3.23. The third kappa shape index (κ3) is 3.43. The zero-order valence-electron chi connectivity index (χ0n) is 7.66. The molecule has 0 atom stereocenters. The van der Waals surface area contributed by atoms with Gasteiger partial charge in [-0.25, -0.2) is 4.39 Å². The molecule has 0 nitrogen and oxygen atoms in total. The maximum absolute atomic E-state index is 12.7. The lowest BCUT2D eigenvalue weighted by molar-refractivity contribution is -0.140. The van der Waals surface area contributed by atoms with Crippen molar-refractivity contribution in [2.24, 2.45) is 0 Å². The third-order valence-electron chi connectivity index (χ3n) is 1.80. The molecule has 0 spiro atoms. The van der Waals surface area contributed by atoms with Crippen molar-refractivity contribution < 1.29 is 30.5 Å². The summed E-state index contributed by atoms with van der Waals surface area (Å²) >= 11 is 0. The Labute approximate surface area is 86.1 Å². The largest absolute Gasteiger partial charge is 0.482 e. The molecule has 8 heteroatoms. The number of alkyl halides is 3. The van der Waals surface area contributed by atoms with E-state index in [0.29, 0.717) is 12.1 Å². The molecule has 90 valence electrons. The second-order valence-corrected chi connectivity index (χ2v) is 3.23. The molecule has 1 rings (SSSR count). The highest BCUT2D eigenvalue weighted by Gasteiger charge is 2.34. The summed E-state index contributed by atoms with van der Waals surface area (Å²) in [5, 5.41) is 0. The first-order chi connectivity index (χ1) is 7.09. The van der Waals surface area contributed by atoms with Gasteiger partial charge in [-0.1, -0.05) is 17.9 Å². The predicted molar refractivity (Wildman–Crippen MR) is 44.2 cm³/mol. The molecule has 0 aliphatic heterocycles. The minimum atomic E-state index is -5.24. The summed E-state index contributed by atoms with van der Waals surface area (Å²) in [6, 6.07) is 1.27. The SMILES string of the molecule is Fc1ccc(C[B-](F)(F)F)cc1C(F)(F)F. The van der Waals surface area contributed by atoms with Crippen LogP contribution in [-0.4, -0.2) is 6.98 Å². The van der Waals surface area contributed by atoms with Gasteiger partial charge in [0.2, 0.25) is 0 Å². The highest BCUT2D eigenvalue weighted by Crippen LogP contribution is 2.32. The normalized spacial score (nSPS) is 12.9. The molecule has 16 heavy (non-hydrogen) atoms. The topological polar surface area (TPSA) is 0 Å². The van der Waals surface area contributed by atoms with E-state index < -0.39 is 36.4 Å². The Kier molecular flexibility index (Phi) is 3.21. The fourth-order valence-electron chi connectivity index (χ4n) is 1.18. The van der Waals surface area contributed by atoms with Crippen LogP contribution in [0.25, 0.3) is 0 Å². The minimum absolute atomic E-state index is 0.185. The Balaban J connectivity index is 3.09. The molecule has 0 radical (unpaired) electrons. The van der Waals surface area contributed by atoms with Crippen molar-refractivity contribution in [1.29, 1.82) is 0 Å². The highest BCUT2D eigenvalue weighted by atomic mass is 19.4. The van der Waals surface area contributed by atoms with Crippen molar-refractivity contribution in [2.45, 2.75) is 12.5 Å². The van der Waals surface area contributed by atoms with Crippen molar-refractivity contribution in [1.82, 2.24) is 0 Å². The lowest BCUT2D eigenvalue weighted by Gasteiger charge is -2.15. The molecule has 0 aromatic heterocycles. The van der Waals surface area contributed by atoms with Crippen molar-refractivity contribution in [3.63, 3.8) is 0 Å². The fourth-order valence-corrected chi connectivity index (χ4v) is 1.18. The zero-order valence-corrected chi connectivity index (χ0v) is 7.66. The molecule has 0 amide bonds. The fraction of sp³-hybridized carbons (Fsp3) is 0.250. The summed E-state index contributed by atoms with van der Waals surface area (Å²) in [4.78, 5) is 0. The number of rotatable bonds is 2. The zero-order chi connectivity index (χ0) is 12.6. The Morgan fingerprint density at radius 2 is 1.62 bits per heavy atom. The first-order valence-electron chi connectivity index (χ1n) is 4.16. The van der Waals surface area contributed by atoms with E-state index in [4.69, 9.17) is 0 Å². The maximum atomic E-state index is 12.7. The Morgan fingerprint density at radius 3 is 2.06 bits per heavy atom. The lowest BCUT2D eigenvalue weighted by Crippen LogP contribution is -2.20. The first kappa shape index (κ1) is 12.9. The summed E-state index contributed by atoms with van der Waals surface area (Å²) in [6.45, 7) is -5.24. The van der Waals surface area contributed by atoms with E-state index in [1.54, 1.807) is 0 Å². The van der Waals surface area contributed by atoms with Crippen LogP contribution in [0.5, 0.6) is 0 Å². The van der Waals surface area contributed by atoms with E-state index in [9.17, 15) is 30.5 Å². The molecule has 0 bridgehead atoms. The van der Waals surface area contributed by atoms with Crippen molar-refractivity contribution in [2.75, 3.05) is 0 Å². The number of benzene rings is 1. The number of halogens is 7. The van der Waals surface area contributed by atoms with Gasteiger partial charge < -0.3 is 12.9 Å². The average Bonchev–Trinajstić information content (AvgIpc) is 2.04. The molecule has 1 aromatic rings. The second kappa shape index (κ2) is 3.99. The van der Waals surface area contributed by atoms with E-state index in [1.165, 1.54) is 0 Å². The van der Waals surface area contributed by atoms with Crippen LogP contribution in [0.4, 0.5) is 30.5 Å². The van der Waals surface area contributed by atoms with Crippen molar-refractivity contribution >= 4 is 6.98 Å². The summed E-state index contributed by atoms with van der Waals surface area (Å²) in [7, 11) is 0. The van der Waals surface area contributed by atoms with Gasteiger partial charge in [0.25, 0.3) is 0 Å². The summed E-state index contributed by atoms with van der Waals surface area (Å²) in [6.07, 6.45) is -6.44. The molecule has 0 heterocycles. The van der Waals surface area contributed by atoms with Crippen LogP contribution in [0.1, 0.15) is 11.1 Å². The summed E-state index contributed by atoms with van der Waals surface area (Å²) < 4.78 is 85.0. The van der Waals surface area contributed by atoms with Gasteiger partial charge in [0.15, 0.2) is 0 Å². The monoisotopic (exact) mass is 245 g/mol. The molecule has 0 N–H and O–H groups in total. The van der Waals surface area contributed by atoms with Crippen LogP contribution in [0.3, 0.4) is 0 Å². The van der Waals surface area contributed by atoms with Gasteiger partial charge in [-0.3, -0.25) is 0 Å². The predicted octanol–water partition coefficient (Wildman–Crippen LogP) is 3.77. The van der Waals surface area contributed by atoms with Crippen molar-refractivity contribution in [3.05, 3.63) is 35.1 Å². The maximum Gasteiger partial charge on any atom is 0.482 e. The molecule has 0 saturated carbocycles. The molecule has 1 aromatic carbocycles. The molecular weight excluding hydrogens is 240 g/mol. The Bertz CT molecular complexity index is 379. The van der Waals surface area contributed by atoms with Gasteiger partial charge in [-0.2, -0.15) is 13.2 Å². The Hall–Kier alpha value is -1.21. The minimum Gasteiger partial charge on any atom is -0.449 e. The summed E-state index contributed by atoms with van der Waals surface area (Å²) in [5.41, 5.74) is -2.27. The van der Waals surface area contributed by atoms with E-state index in [1.807, 2.05) is 0 Å². The van der Waals surface area contributed by atoms with Gasteiger partial charge in [-0.15, -0.1) is 0 Å². The molecule has 0 saturated heterocycles. The quantitative estimate of drug-likeness (QED) is 0.549. The highest BCUT2D eigenvalue weighted by molar-refractivity contribution is 6.57. The first-order valence-corrected chi connectivity index (χ1v) is 4.16. The molecule has 0 aliphatic carbocycles. The van der Waals surface area contributed by atoms with E-state index >= 15 is 0 Å². The van der Waals surface area contributed by atoms with Gasteiger partial charge in [0.1, 0.15) is 5.82 Å². The standard InChI is InChI=1S/C8H5BF7/c10-7-2-1-5(4-9(14,15)16)3-6(7)8(11,12)13/h1-3H,4H2/q-1. The molecule has 0 unspecified atom stereocenters. The number of hydrogen-bond acceptors (Lipinski definition) is 0. The van der Waals surface area contributed by atoms with Crippen molar-refractivity contribution in [3.8, 4) is 0 Å². The Morgan fingerprint density at radius 1 is 1.06 bits per heavy atom. The van der Waals surface area contributed by atoms with E-state index in [2.05, 4.69) is 0 Å². The molecule has 0 aliphatic rings. The van der Waals surface area contributed by atoms with Gasteiger partial charge >= 0.3 is 13.2 Å². The summed E-state index contributed by atoms with van der Waals surface area (Å²) in [5.74, 6) is -1.58. The number of hydrogen-bond donors (Lipinski definition) is 0. The van der Waals surface area contributed by atoms with Crippen LogP contribution in [-0.2, 0) is 12.5 Å². The van der Waals surface area contributed by atoms with Crippen LogP contribution in [0.2, 0.25) is 0 Å². The van der Waals surface area contributed by atoms with E-state index in [-0.39, 0.29) is 6.07 Å². The average molecular weight is 245 g/mol. The van der Waals surface area contributed by atoms with Gasteiger partial charge in [0.05, 0.1) is 5.56 Å². The lowest BCUT2D eigenvalue weighted by atomic mass is 9.81. The van der Waals surface area contributed by atoms with Crippen LogP contribution < -0.4 is 0 Å². The van der Waals surface area contributed by atoms with Gasteiger partial charge in [0, 0.05) is 0 Å². The molecule has 0 fully saturated rings. The van der Waals surface area contributed by atoms with Crippen LogP contribution in [0, 0.1) is 5.82 Å². The van der Waals surface area contributed by atoms with E-state index in [0.717, 1.165) is 0 Å². The van der Waals surface area contributed by atoms with Crippen LogP contribution in [0.15, 0.2) is 18.2 Å². The smallest absolute Gasteiger partial charge is 0.449 e.